The Hall–Kier alpha value is -0.610. The lowest BCUT2D eigenvalue weighted by atomic mass is 9.81. The standard InChI is InChI=1S/C13H27N3O/c1-4-10(2)11(14)12(17)16-9-13(3)5-7-15-8-6-13/h10-11,15H,4-9,14H2,1-3H3,(H,16,17). The highest BCUT2D eigenvalue weighted by Gasteiger charge is 2.28. The predicted octanol–water partition coefficient (Wildman–Crippen LogP) is 0.866. The van der Waals surface area contributed by atoms with E-state index in [1.807, 2.05) is 6.92 Å². The Morgan fingerprint density at radius 2 is 2.06 bits per heavy atom. The Kier molecular flexibility index (Phi) is 5.40. The first kappa shape index (κ1) is 14.5. The second kappa shape index (κ2) is 6.36. The van der Waals surface area contributed by atoms with Gasteiger partial charge in [-0.05, 0) is 37.3 Å². The number of carbonyl (C=O) groups is 1. The van der Waals surface area contributed by atoms with Gasteiger partial charge in [-0.1, -0.05) is 27.2 Å². The van der Waals surface area contributed by atoms with Gasteiger partial charge in [-0.15, -0.1) is 0 Å². The maximum absolute atomic E-state index is 11.9. The SMILES string of the molecule is CCC(C)C(N)C(=O)NCC1(C)CCNCC1. The molecule has 0 radical (unpaired) electrons. The first-order valence-electron chi connectivity index (χ1n) is 6.72. The fourth-order valence-electron chi connectivity index (χ4n) is 2.14. The lowest BCUT2D eigenvalue weighted by molar-refractivity contribution is -0.124. The van der Waals surface area contributed by atoms with Crippen molar-refractivity contribution in [1.29, 1.82) is 0 Å². The van der Waals surface area contributed by atoms with Gasteiger partial charge >= 0.3 is 0 Å². The van der Waals surface area contributed by atoms with Crippen LogP contribution >= 0.6 is 0 Å². The summed E-state index contributed by atoms with van der Waals surface area (Å²) in [5, 5.41) is 6.36. The summed E-state index contributed by atoms with van der Waals surface area (Å²) < 4.78 is 0. The number of nitrogens with one attached hydrogen (secondary N) is 2. The number of hydrogen-bond acceptors (Lipinski definition) is 3. The molecule has 0 bridgehead atoms. The molecule has 17 heavy (non-hydrogen) atoms. The molecule has 0 saturated carbocycles. The number of rotatable bonds is 5. The van der Waals surface area contributed by atoms with E-state index in [0.717, 1.165) is 38.9 Å². The number of carbonyl (C=O) groups excluding carboxylic acids is 1. The Labute approximate surface area is 105 Å². The van der Waals surface area contributed by atoms with Gasteiger partial charge < -0.3 is 16.4 Å². The van der Waals surface area contributed by atoms with Gasteiger partial charge in [0.2, 0.25) is 5.91 Å². The van der Waals surface area contributed by atoms with Crippen LogP contribution in [-0.4, -0.2) is 31.6 Å². The lowest BCUT2D eigenvalue weighted by Crippen LogP contribution is -2.49. The van der Waals surface area contributed by atoms with Crippen LogP contribution in [0.2, 0.25) is 0 Å². The van der Waals surface area contributed by atoms with Crippen LogP contribution in [0.25, 0.3) is 0 Å². The third kappa shape index (κ3) is 4.28. The van der Waals surface area contributed by atoms with E-state index in [4.69, 9.17) is 5.73 Å². The van der Waals surface area contributed by atoms with Crippen molar-refractivity contribution in [3.63, 3.8) is 0 Å². The van der Waals surface area contributed by atoms with E-state index in [9.17, 15) is 4.79 Å². The van der Waals surface area contributed by atoms with Crippen molar-refractivity contribution in [1.82, 2.24) is 10.6 Å². The first-order chi connectivity index (χ1) is 7.98. The van der Waals surface area contributed by atoms with Crippen LogP contribution < -0.4 is 16.4 Å². The Morgan fingerprint density at radius 3 is 2.59 bits per heavy atom. The Balaban J connectivity index is 2.36. The minimum Gasteiger partial charge on any atom is -0.354 e. The summed E-state index contributed by atoms with van der Waals surface area (Å²) in [7, 11) is 0. The normalized spacial score (nSPS) is 22.8. The second-order valence-electron chi connectivity index (χ2n) is 5.69. The summed E-state index contributed by atoms with van der Waals surface area (Å²) in [6, 6.07) is -0.370. The fourth-order valence-corrected chi connectivity index (χ4v) is 2.14. The maximum Gasteiger partial charge on any atom is 0.237 e. The summed E-state index contributed by atoms with van der Waals surface area (Å²) in [5.74, 6) is 0.245. The molecule has 2 atom stereocenters. The molecule has 1 aliphatic rings. The molecule has 4 N–H and O–H groups in total. The molecule has 0 aliphatic carbocycles. The van der Waals surface area contributed by atoms with Crippen molar-refractivity contribution in [2.45, 2.75) is 46.1 Å². The van der Waals surface area contributed by atoms with Gasteiger partial charge in [-0.25, -0.2) is 0 Å². The van der Waals surface area contributed by atoms with Crippen LogP contribution in [0.3, 0.4) is 0 Å². The molecule has 0 aromatic carbocycles. The monoisotopic (exact) mass is 241 g/mol. The smallest absolute Gasteiger partial charge is 0.237 e. The van der Waals surface area contributed by atoms with Gasteiger partial charge in [-0.3, -0.25) is 4.79 Å². The quantitative estimate of drug-likeness (QED) is 0.669. The zero-order valence-corrected chi connectivity index (χ0v) is 11.4. The van der Waals surface area contributed by atoms with Gasteiger partial charge in [0.05, 0.1) is 6.04 Å². The average Bonchev–Trinajstić information content (AvgIpc) is 2.35. The van der Waals surface area contributed by atoms with Crippen LogP contribution in [-0.2, 0) is 4.79 Å². The Morgan fingerprint density at radius 1 is 1.47 bits per heavy atom. The van der Waals surface area contributed by atoms with E-state index in [2.05, 4.69) is 24.5 Å². The summed E-state index contributed by atoms with van der Waals surface area (Å²) in [6.07, 6.45) is 3.17. The third-order valence-corrected chi connectivity index (χ3v) is 4.06. The molecule has 2 unspecified atom stereocenters. The van der Waals surface area contributed by atoms with Crippen molar-refractivity contribution in [2.24, 2.45) is 17.1 Å². The summed E-state index contributed by atoms with van der Waals surface area (Å²) in [4.78, 5) is 11.9. The molecule has 1 saturated heterocycles. The average molecular weight is 241 g/mol. The van der Waals surface area contributed by atoms with Crippen LogP contribution in [0.1, 0.15) is 40.0 Å². The third-order valence-electron chi connectivity index (χ3n) is 4.06. The highest BCUT2D eigenvalue weighted by molar-refractivity contribution is 5.81. The van der Waals surface area contributed by atoms with Crippen LogP contribution in [0.15, 0.2) is 0 Å². The van der Waals surface area contributed by atoms with E-state index in [1.54, 1.807) is 0 Å². The number of nitrogens with two attached hydrogens (primary N) is 1. The second-order valence-corrected chi connectivity index (χ2v) is 5.69. The van der Waals surface area contributed by atoms with Crippen molar-refractivity contribution in [3.05, 3.63) is 0 Å². The van der Waals surface area contributed by atoms with Crippen molar-refractivity contribution in [3.8, 4) is 0 Å². The highest BCUT2D eigenvalue weighted by Crippen LogP contribution is 2.26. The van der Waals surface area contributed by atoms with Gasteiger partial charge in [0.15, 0.2) is 0 Å². The predicted molar refractivity (Wildman–Crippen MR) is 70.7 cm³/mol. The van der Waals surface area contributed by atoms with Crippen molar-refractivity contribution >= 4 is 5.91 Å². The van der Waals surface area contributed by atoms with E-state index in [1.165, 1.54) is 0 Å². The molecule has 0 aromatic heterocycles. The molecular formula is C13H27N3O. The molecule has 0 spiro atoms. The molecule has 1 fully saturated rings. The van der Waals surface area contributed by atoms with E-state index >= 15 is 0 Å². The molecule has 100 valence electrons. The molecule has 0 aromatic rings. The van der Waals surface area contributed by atoms with Crippen molar-refractivity contribution < 1.29 is 4.79 Å². The largest absolute Gasteiger partial charge is 0.354 e. The Bertz CT molecular complexity index is 249. The van der Waals surface area contributed by atoms with Gasteiger partial charge in [0.25, 0.3) is 0 Å². The van der Waals surface area contributed by atoms with Crippen molar-refractivity contribution in [2.75, 3.05) is 19.6 Å². The number of hydrogen-bond donors (Lipinski definition) is 3. The molecule has 1 rings (SSSR count). The van der Waals surface area contributed by atoms with Gasteiger partial charge in [0.1, 0.15) is 0 Å². The van der Waals surface area contributed by atoms with E-state index < -0.39 is 0 Å². The topological polar surface area (TPSA) is 67.2 Å². The van der Waals surface area contributed by atoms with E-state index in [-0.39, 0.29) is 23.3 Å². The van der Waals surface area contributed by atoms with Gasteiger partial charge in [-0.2, -0.15) is 0 Å². The van der Waals surface area contributed by atoms with Gasteiger partial charge in [0, 0.05) is 6.54 Å². The summed E-state index contributed by atoms with van der Waals surface area (Å²) in [6.45, 7) is 9.16. The van der Waals surface area contributed by atoms with Crippen LogP contribution in [0, 0.1) is 11.3 Å². The highest BCUT2D eigenvalue weighted by atomic mass is 16.2. The molecule has 4 nitrogen and oxygen atoms in total. The zero-order valence-electron chi connectivity index (χ0n) is 11.4. The molecule has 1 amide bonds. The molecule has 1 aliphatic heterocycles. The summed E-state index contributed by atoms with van der Waals surface area (Å²) in [5.41, 5.74) is 6.14. The van der Waals surface area contributed by atoms with Crippen LogP contribution in [0.4, 0.5) is 0 Å². The number of amides is 1. The fraction of sp³-hybridized carbons (Fsp3) is 0.923. The van der Waals surface area contributed by atoms with E-state index in [0.29, 0.717) is 0 Å². The maximum atomic E-state index is 11.9. The first-order valence-corrected chi connectivity index (χ1v) is 6.72. The summed E-state index contributed by atoms with van der Waals surface area (Å²) >= 11 is 0. The molecule has 4 heteroatoms. The number of piperidine rings is 1. The minimum absolute atomic E-state index is 0.000826. The minimum atomic E-state index is -0.370. The lowest BCUT2D eigenvalue weighted by Gasteiger charge is -2.34. The molecular weight excluding hydrogens is 214 g/mol. The molecule has 1 heterocycles. The van der Waals surface area contributed by atoms with Crippen LogP contribution in [0.5, 0.6) is 0 Å². The zero-order chi connectivity index (χ0) is 12.9.